The van der Waals surface area contributed by atoms with Crippen molar-refractivity contribution in [2.75, 3.05) is 32.1 Å². The van der Waals surface area contributed by atoms with Gasteiger partial charge in [0, 0.05) is 37.9 Å². The van der Waals surface area contributed by atoms with Crippen molar-refractivity contribution in [2.45, 2.75) is 25.6 Å². The van der Waals surface area contributed by atoms with Gasteiger partial charge in [-0.1, -0.05) is 12.1 Å². The van der Waals surface area contributed by atoms with Crippen LogP contribution in [0.3, 0.4) is 0 Å². The largest absolute Gasteiger partial charge is 0.370 e. The molecule has 0 spiro atoms. The molecule has 3 nitrogen and oxygen atoms in total. The molecule has 0 aliphatic carbocycles. The first-order valence-corrected chi connectivity index (χ1v) is 6.48. The van der Waals surface area contributed by atoms with Crippen LogP contribution in [-0.2, 0) is 13.1 Å². The van der Waals surface area contributed by atoms with Crippen molar-refractivity contribution in [3.63, 3.8) is 0 Å². The van der Waals surface area contributed by atoms with Gasteiger partial charge in [-0.3, -0.25) is 0 Å². The SMILES string of the molecule is CN(C)C1CCN(c2cccc3c2CNC3)C1. The van der Waals surface area contributed by atoms with Crippen LogP contribution in [0.1, 0.15) is 17.5 Å². The highest BCUT2D eigenvalue weighted by Gasteiger charge is 2.26. The van der Waals surface area contributed by atoms with Crippen molar-refractivity contribution < 1.29 is 0 Å². The standard InChI is InChI=1S/C14H21N3/c1-16(2)12-6-7-17(10-12)14-5-3-4-11-8-15-9-13(11)14/h3-5,12,15H,6-10H2,1-2H3. The first-order valence-electron chi connectivity index (χ1n) is 6.48. The Labute approximate surface area is 103 Å². The molecule has 2 aliphatic heterocycles. The maximum absolute atomic E-state index is 3.45. The van der Waals surface area contributed by atoms with E-state index >= 15 is 0 Å². The Balaban J connectivity index is 1.84. The summed E-state index contributed by atoms with van der Waals surface area (Å²) < 4.78 is 0. The Morgan fingerprint density at radius 3 is 2.94 bits per heavy atom. The summed E-state index contributed by atoms with van der Waals surface area (Å²) in [7, 11) is 4.37. The van der Waals surface area contributed by atoms with Crippen LogP contribution >= 0.6 is 0 Å². The molecule has 3 rings (SSSR count). The molecule has 17 heavy (non-hydrogen) atoms. The summed E-state index contributed by atoms with van der Waals surface area (Å²) in [6.45, 7) is 4.44. The van der Waals surface area contributed by atoms with Gasteiger partial charge in [0.2, 0.25) is 0 Å². The third kappa shape index (κ3) is 1.94. The van der Waals surface area contributed by atoms with Crippen molar-refractivity contribution in [1.82, 2.24) is 10.2 Å². The number of benzene rings is 1. The minimum absolute atomic E-state index is 0.709. The van der Waals surface area contributed by atoms with Crippen LogP contribution in [0.25, 0.3) is 0 Å². The van der Waals surface area contributed by atoms with Crippen molar-refractivity contribution in [2.24, 2.45) is 0 Å². The van der Waals surface area contributed by atoms with E-state index in [2.05, 4.69) is 47.4 Å². The number of anilines is 1. The summed E-state index contributed by atoms with van der Waals surface area (Å²) in [6.07, 6.45) is 1.28. The molecule has 1 unspecified atom stereocenters. The van der Waals surface area contributed by atoms with Gasteiger partial charge in [0.15, 0.2) is 0 Å². The van der Waals surface area contributed by atoms with Crippen LogP contribution < -0.4 is 10.2 Å². The lowest BCUT2D eigenvalue weighted by atomic mass is 10.1. The highest BCUT2D eigenvalue weighted by molar-refractivity contribution is 5.58. The second kappa shape index (κ2) is 4.31. The Kier molecular flexibility index (Phi) is 2.81. The number of nitrogens with one attached hydrogen (secondary N) is 1. The molecule has 2 aliphatic rings. The van der Waals surface area contributed by atoms with E-state index in [1.165, 1.54) is 36.3 Å². The Bertz CT molecular complexity index is 414. The lowest BCUT2D eigenvalue weighted by Crippen LogP contribution is -2.31. The fraction of sp³-hybridized carbons (Fsp3) is 0.571. The van der Waals surface area contributed by atoms with Gasteiger partial charge in [0.1, 0.15) is 0 Å². The fourth-order valence-electron chi connectivity index (χ4n) is 2.99. The molecule has 1 fully saturated rings. The highest BCUT2D eigenvalue weighted by atomic mass is 15.2. The zero-order valence-electron chi connectivity index (χ0n) is 10.7. The number of hydrogen-bond acceptors (Lipinski definition) is 3. The van der Waals surface area contributed by atoms with Gasteiger partial charge in [-0.15, -0.1) is 0 Å². The molecule has 2 heterocycles. The van der Waals surface area contributed by atoms with Gasteiger partial charge in [-0.25, -0.2) is 0 Å². The molecule has 0 aromatic heterocycles. The summed E-state index contributed by atoms with van der Waals surface area (Å²) in [5.74, 6) is 0. The number of rotatable bonds is 2. The molecule has 1 saturated heterocycles. The van der Waals surface area contributed by atoms with Crippen LogP contribution in [0.5, 0.6) is 0 Å². The second-order valence-electron chi connectivity index (χ2n) is 5.37. The summed E-state index contributed by atoms with van der Waals surface area (Å²) in [6, 6.07) is 7.44. The lowest BCUT2D eigenvalue weighted by Gasteiger charge is -2.23. The quantitative estimate of drug-likeness (QED) is 0.830. The average Bonchev–Trinajstić information content (AvgIpc) is 2.97. The van der Waals surface area contributed by atoms with Crippen molar-refractivity contribution in [3.05, 3.63) is 29.3 Å². The van der Waals surface area contributed by atoms with E-state index in [9.17, 15) is 0 Å². The van der Waals surface area contributed by atoms with Gasteiger partial charge in [0.25, 0.3) is 0 Å². The predicted octanol–water partition coefficient (Wildman–Crippen LogP) is 1.43. The summed E-state index contributed by atoms with van der Waals surface area (Å²) in [4.78, 5) is 4.90. The van der Waals surface area contributed by atoms with Crippen LogP contribution in [0.15, 0.2) is 18.2 Å². The Morgan fingerprint density at radius 1 is 1.29 bits per heavy atom. The summed E-state index contributed by atoms with van der Waals surface area (Å²) in [5, 5.41) is 3.45. The maximum Gasteiger partial charge on any atom is 0.0415 e. The third-order valence-corrected chi connectivity index (χ3v) is 4.10. The van der Waals surface area contributed by atoms with Crippen LogP contribution in [0, 0.1) is 0 Å². The minimum atomic E-state index is 0.709. The van der Waals surface area contributed by atoms with Gasteiger partial charge < -0.3 is 15.1 Å². The maximum atomic E-state index is 3.45. The second-order valence-corrected chi connectivity index (χ2v) is 5.37. The molecule has 92 valence electrons. The first-order chi connectivity index (χ1) is 8.25. The van der Waals surface area contributed by atoms with E-state index in [1.54, 1.807) is 0 Å². The van der Waals surface area contributed by atoms with Gasteiger partial charge >= 0.3 is 0 Å². The third-order valence-electron chi connectivity index (χ3n) is 4.10. The van der Waals surface area contributed by atoms with Crippen LogP contribution in [0.4, 0.5) is 5.69 Å². The smallest absolute Gasteiger partial charge is 0.0415 e. The van der Waals surface area contributed by atoms with Crippen LogP contribution in [0.2, 0.25) is 0 Å². The average molecular weight is 231 g/mol. The minimum Gasteiger partial charge on any atom is -0.370 e. The van der Waals surface area contributed by atoms with Crippen molar-refractivity contribution in [3.8, 4) is 0 Å². The van der Waals surface area contributed by atoms with Crippen molar-refractivity contribution in [1.29, 1.82) is 0 Å². The van der Waals surface area contributed by atoms with E-state index in [4.69, 9.17) is 0 Å². The molecule has 1 atom stereocenters. The van der Waals surface area contributed by atoms with E-state index in [1.807, 2.05) is 0 Å². The number of likely N-dealkylation sites (N-methyl/N-ethyl adjacent to an activating group) is 1. The van der Waals surface area contributed by atoms with E-state index < -0.39 is 0 Å². The molecule has 1 N–H and O–H groups in total. The van der Waals surface area contributed by atoms with Gasteiger partial charge in [0.05, 0.1) is 0 Å². The molecule has 1 aromatic rings. The molecule has 0 saturated carbocycles. The first kappa shape index (κ1) is 11.1. The summed E-state index contributed by atoms with van der Waals surface area (Å²) >= 11 is 0. The topological polar surface area (TPSA) is 18.5 Å². The molecule has 1 aromatic carbocycles. The van der Waals surface area contributed by atoms with E-state index in [-0.39, 0.29) is 0 Å². The van der Waals surface area contributed by atoms with Gasteiger partial charge in [-0.05, 0) is 37.7 Å². The molecule has 0 bridgehead atoms. The zero-order valence-corrected chi connectivity index (χ0v) is 10.7. The fourth-order valence-corrected chi connectivity index (χ4v) is 2.99. The molecular weight excluding hydrogens is 210 g/mol. The molecular formula is C14H21N3. The lowest BCUT2D eigenvalue weighted by molar-refractivity contribution is 0.315. The highest BCUT2D eigenvalue weighted by Crippen LogP contribution is 2.30. The number of hydrogen-bond donors (Lipinski definition) is 1. The van der Waals surface area contributed by atoms with Crippen LogP contribution in [-0.4, -0.2) is 38.1 Å². The van der Waals surface area contributed by atoms with Crippen molar-refractivity contribution >= 4 is 5.69 Å². The normalized spacial score (nSPS) is 23.5. The Morgan fingerprint density at radius 2 is 2.18 bits per heavy atom. The number of fused-ring (bicyclic) bond motifs is 1. The van der Waals surface area contributed by atoms with Gasteiger partial charge in [-0.2, -0.15) is 0 Å². The van der Waals surface area contributed by atoms with E-state index in [0.717, 1.165) is 13.1 Å². The monoisotopic (exact) mass is 231 g/mol. The van der Waals surface area contributed by atoms with E-state index in [0.29, 0.717) is 6.04 Å². The molecule has 0 amide bonds. The Hall–Kier alpha value is -1.06. The summed E-state index contributed by atoms with van der Waals surface area (Å²) in [5.41, 5.74) is 4.46. The number of nitrogens with zero attached hydrogens (tertiary/aromatic N) is 2. The predicted molar refractivity (Wildman–Crippen MR) is 71.3 cm³/mol. The molecule has 0 radical (unpaired) electrons. The molecule has 3 heteroatoms. The zero-order chi connectivity index (χ0) is 11.8.